The van der Waals surface area contributed by atoms with Crippen LogP contribution in [0.1, 0.15) is 16.1 Å². The minimum Gasteiger partial charge on any atom is -0.360 e. The molecule has 0 aliphatic heterocycles. The Labute approximate surface area is 128 Å². The van der Waals surface area contributed by atoms with Crippen molar-refractivity contribution >= 4 is 11.6 Å². The number of para-hydroxylation sites is 1. The van der Waals surface area contributed by atoms with Gasteiger partial charge in [0.2, 0.25) is 0 Å². The lowest BCUT2D eigenvalue weighted by molar-refractivity contribution is 0.0942. The van der Waals surface area contributed by atoms with Crippen LogP contribution in [0.4, 0.5) is 0 Å². The molecule has 5 heteroatoms. The van der Waals surface area contributed by atoms with Crippen LogP contribution in [0.25, 0.3) is 11.4 Å². The maximum Gasteiger partial charge on any atom is 0.271 e. The first-order valence-electron chi connectivity index (χ1n) is 6.87. The topological polar surface area (TPSA) is 61.8 Å². The summed E-state index contributed by atoms with van der Waals surface area (Å²) >= 11 is 0. The van der Waals surface area contributed by atoms with Crippen LogP contribution in [0, 0.1) is 0 Å². The maximum absolute atomic E-state index is 12.4. The van der Waals surface area contributed by atoms with Crippen molar-refractivity contribution in [3.8, 4) is 5.69 Å². The summed E-state index contributed by atoms with van der Waals surface area (Å²) in [6.45, 7) is 3.87. The summed E-state index contributed by atoms with van der Waals surface area (Å²) in [5.41, 5.74) is 8.29. The number of hydrazine groups is 1. The Hall–Kier alpha value is -3.21. The Morgan fingerprint density at radius 1 is 1.00 bits per heavy atom. The number of hydrogen-bond donors (Lipinski definition) is 3. The zero-order chi connectivity index (χ0) is 15.4. The fourth-order valence-electron chi connectivity index (χ4n) is 2.17. The van der Waals surface area contributed by atoms with Gasteiger partial charge in [0.15, 0.2) is 0 Å². The molecule has 0 saturated heterocycles. The fraction of sp³-hybridized carbons (Fsp3) is 0. The molecule has 3 aromatic rings. The van der Waals surface area contributed by atoms with E-state index < -0.39 is 0 Å². The van der Waals surface area contributed by atoms with Crippen LogP contribution in [0.3, 0.4) is 0 Å². The molecule has 0 aliphatic carbocycles. The predicted molar refractivity (Wildman–Crippen MR) is 86.2 cm³/mol. The number of rotatable bonds is 5. The minimum absolute atomic E-state index is 0.225. The van der Waals surface area contributed by atoms with E-state index in [1.165, 1.54) is 0 Å². The number of H-pyrrole nitrogens is 1. The summed E-state index contributed by atoms with van der Waals surface area (Å²) in [5, 5.41) is 0. The summed E-state index contributed by atoms with van der Waals surface area (Å²) in [6.07, 6.45) is 5.60. The van der Waals surface area contributed by atoms with Gasteiger partial charge in [-0.25, -0.2) is 0 Å². The number of benzene rings is 1. The third-order valence-corrected chi connectivity index (χ3v) is 3.28. The van der Waals surface area contributed by atoms with Crippen LogP contribution in [0.2, 0.25) is 0 Å². The highest BCUT2D eigenvalue weighted by molar-refractivity contribution is 5.97. The number of aromatic amines is 1. The molecule has 0 saturated carbocycles. The number of carbonyl (C=O) groups is 1. The van der Waals surface area contributed by atoms with Gasteiger partial charge >= 0.3 is 0 Å². The average Bonchev–Trinajstić information content (AvgIpc) is 3.24. The van der Waals surface area contributed by atoms with E-state index in [2.05, 4.69) is 22.4 Å². The van der Waals surface area contributed by atoms with Gasteiger partial charge in [-0.2, -0.15) is 0 Å². The molecule has 1 amide bonds. The second-order valence-electron chi connectivity index (χ2n) is 4.75. The third-order valence-electron chi connectivity index (χ3n) is 3.28. The van der Waals surface area contributed by atoms with Gasteiger partial charge in [-0.05, 0) is 36.4 Å². The Morgan fingerprint density at radius 2 is 1.77 bits per heavy atom. The van der Waals surface area contributed by atoms with Crippen molar-refractivity contribution in [2.75, 3.05) is 0 Å². The largest absolute Gasteiger partial charge is 0.360 e. The summed E-state index contributed by atoms with van der Waals surface area (Å²) in [7, 11) is 0. The van der Waals surface area contributed by atoms with E-state index in [-0.39, 0.29) is 5.91 Å². The molecule has 3 N–H and O–H groups in total. The molecule has 110 valence electrons. The summed E-state index contributed by atoms with van der Waals surface area (Å²) in [6, 6.07) is 15.0. The van der Waals surface area contributed by atoms with Crippen molar-refractivity contribution in [3.63, 3.8) is 0 Å². The molecule has 2 aromatic heterocycles. The quantitative estimate of drug-likeness (QED) is 0.633. The van der Waals surface area contributed by atoms with Crippen LogP contribution in [-0.2, 0) is 0 Å². The van der Waals surface area contributed by atoms with Crippen molar-refractivity contribution in [1.82, 2.24) is 20.4 Å². The van der Waals surface area contributed by atoms with Gasteiger partial charge in [0, 0.05) is 18.6 Å². The summed E-state index contributed by atoms with van der Waals surface area (Å²) < 4.78 is 1.90. The smallest absolute Gasteiger partial charge is 0.271 e. The number of aromatic nitrogens is 2. The standard InChI is InChI=1S/C17H16N4O/c1-13(15-8-6-10-18-15)19-20-17(22)14-7-2-3-9-16(14)21-11-4-5-12-21/h2-12,18-19H,1H2,(H,20,22). The van der Waals surface area contributed by atoms with E-state index in [1.807, 2.05) is 59.4 Å². The molecule has 2 heterocycles. The first-order chi connectivity index (χ1) is 10.8. The van der Waals surface area contributed by atoms with Crippen molar-refractivity contribution < 1.29 is 4.79 Å². The van der Waals surface area contributed by atoms with E-state index in [9.17, 15) is 4.79 Å². The van der Waals surface area contributed by atoms with Crippen LogP contribution in [-0.4, -0.2) is 15.5 Å². The molecule has 1 aromatic carbocycles. The van der Waals surface area contributed by atoms with Gasteiger partial charge in [0.05, 0.1) is 22.6 Å². The van der Waals surface area contributed by atoms with Crippen molar-refractivity contribution in [2.45, 2.75) is 0 Å². The lowest BCUT2D eigenvalue weighted by Gasteiger charge is -2.13. The average molecular weight is 292 g/mol. The monoisotopic (exact) mass is 292 g/mol. The first kappa shape index (κ1) is 13.8. The summed E-state index contributed by atoms with van der Waals surface area (Å²) in [5.74, 6) is -0.225. The second kappa shape index (κ2) is 6.05. The highest BCUT2D eigenvalue weighted by atomic mass is 16.2. The Balaban J connectivity index is 1.74. The van der Waals surface area contributed by atoms with Gasteiger partial charge in [-0.1, -0.05) is 18.7 Å². The number of nitrogens with one attached hydrogen (secondary N) is 3. The molecule has 3 rings (SSSR count). The van der Waals surface area contributed by atoms with Crippen molar-refractivity contribution in [2.24, 2.45) is 0 Å². The van der Waals surface area contributed by atoms with Crippen LogP contribution in [0.15, 0.2) is 73.7 Å². The summed E-state index contributed by atoms with van der Waals surface area (Å²) in [4.78, 5) is 15.4. The number of carbonyl (C=O) groups excluding carboxylic acids is 1. The van der Waals surface area contributed by atoms with Crippen molar-refractivity contribution in [3.05, 3.63) is 85.0 Å². The SMILES string of the molecule is C=C(NNC(=O)c1ccccc1-n1cccc1)c1ccc[nH]1. The van der Waals surface area contributed by atoms with E-state index in [0.29, 0.717) is 11.3 Å². The Bertz CT molecular complexity index is 773. The first-order valence-corrected chi connectivity index (χ1v) is 6.87. The van der Waals surface area contributed by atoms with Gasteiger partial charge in [-0.15, -0.1) is 0 Å². The molecule has 0 aliphatic rings. The highest BCUT2D eigenvalue weighted by Gasteiger charge is 2.12. The second-order valence-corrected chi connectivity index (χ2v) is 4.75. The van der Waals surface area contributed by atoms with Gasteiger partial charge in [0.25, 0.3) is 5.91 Å². The molecule has 0 bridgehead atoms. The lowest BCUT2D eigenvalue weighted by atomic mass is 10.1. The Kier molecular flexibility index (Phi) is 3.78. The third kappa shape index (κ3) is 2.78. The molecule has 0 fully saturated rings. The molecule has 0 spiro atoms. The van der Waals surface area contributed by atoms with E-state index in [1.54, 1.807) is 12.3 Å². The minimum atomic E-state index is -0.225. The van der Waals surface area contributed by atoms with Crippen LogP contribution < -0.4 is 10.9 Å². The van der Waals surface area contributed by atoms with Crippen molar-refractivity contribution in [1.29, 1.82) is 0 Å². The zero-order valence-corrected chi connectivity index (χ0v) is 11.9. The molecule has 0 radical (unpaired) electrons. The molecular formula is C17H16N4O. The molecule has 22 heavy (non-hydrogen) atoms. The van der Waals surface area contributed by atoms with E-state index in [4.69, 9.17) is 0 Å². The predicted octanol–water partition coefficient (Wildman–Crippen LogP) is 2.71. The van der Waals surface area contributed by atoms with Crippen LogP contribution >= 0.6 is 0 Å². The number of nitrogens with zero attached hydrogens (tertiary/aromatic N) is 1. The highest BCUT2D eigenvalue weighted by Crippen LogP contribution is 2.14. The van der Waals surface area contributed by atoms with Crippen LogP contribution in [0.5, 0.6) is 0 Å². The lowest BCUT2D eigenvalue weighted by Crippen LogP contribution is -2.36. The Morgan fingerprint density at radius 3 is 2.50 bits per heavy atom. The maximum atomic E-state index is 12.4. The van der Waals surface area contributed by atoms with Gasteiger partial charge in [0.1, 0.15) is 0 Å². The molecule has 0 atom stereocenters. The fourth-order valence-corrected chi connectivity index (χ4v) is 2.17. The zero-order valence-electron chi connectivity index (χ0n) is 11.9. The van der Waals surface area contributed by atoms with E-state index in [0.717, 1.165) is 11.4 Å². The number of amides is 1. The van der Waals surface area contributed by atoms with Gasteiger partial charge < -0.3 is 9.55 Å². The normalized spacial score (nSPS) is 10.2. The van der Waals surface area contributed by atoms with E-state index >= 15 is 0 Å². The molecule has 0 unspecified atom stereocenters. The molecule has 5 nitrogen and oxygen atoms in total. The number of hydrogen-bond acceptors (Lipinski definition) is 2. The van der Waals surface area contributed by atoms with Gasteiger partial charge in [-0.3, -0.25) is 15.6 Å². The molecular weight excluding hydrogens is 276 g/mol.